The van der Waals surface area contributed by atoms with Gasteiger partial charge < -0.3 is 29.5 Å². The van der Waals surface area contributed by atoms with E-state index in [9.17, 15) is 24.9 Å². The van der Waals surface area contributed by atoms with E-state index >= 15 is 0 Å². The maximum Gasteiger partial charge on any atom is 0.302 e. The highest BCUT2D eigenvalue weighted by Crippen LogP contribution is 2.43. The molecule has 0 unspecified atom stereocenters. The lowest BCUT2D eigenvalue weighted by molar-refractivity contribution is -0.147. The summed E-state index contributed by atoms with van der Waals surface area (Å²) >= 11 is 0. The molecule has 0 saturated heterocycles. The van der Waals surface area contributed by atoms with Gasteiger partial charge in [0.25, 0.3) is 0 Å². The van der Waals surface area contributed by atoms with Crippen LogP contribution in [0.3, 0.4) is 0 Å². The molecule has 214 valence electrons. The van der Waals surface area contributed by atoms with Crippen LogP contribution in [-0.4, -0.2) is 54.0 Å². The van der Waals surface area contributed by atoms with Crippen molar-refractivity contribution < 1.29 is 39.1 Å². The molecule has 0 aromatic heterocycles. The maximum atomic E-state index is 13.5. The third kappa shape index (κ3) is 8.88. The number of phenols is 2. The van der Waals surface area contributed by atoms with Crippen LogP contribution in [0.2, 0.25) is 0 Å². The minimum absolute atomic E-state index is 0.00543. The van der Waals surface area contributed by atoms with E-state index in [0.29, 0.717) is 30.3 Å². The van der Waals surface area contributed by atoms with Gasteiger partial charge in [-0.2, -0.15) is 0 Å². The normalized spacial score (nSPS) is 18.7. The van der Waals surface area contributed by atoms with Gasteiger partial charge in [0.05, 0.1) is 14.2 Å². The summed E-state index contributed by atoms with van der Waals surface area (Å²) < 4.78 is 16.1. The molecule has 1 aliphatic carbocycles. The summed E-state index contributed by atoms with van der Waals surface area (Å²) in [6, 6.07) is 10.3. The molecule has 8 nitrogen and oxygen atoms in total. The smallest absolute Gasteiger partial charge is 0.302 e. The van der Waals surface area contributed by atoms with E-state index in [1.54, 1.807) is 24.3 Å². The zero-order valence-electron chi connectivity index (χ0n) is 23.2. The molecule has 39 heavy (non-hydrogen) atoms. The summed E-state index contributed by atoms with van der Waals surface area (Å²) in [6.45, 7) is 1.50. The number of ether oxygens (including phenoxy) is 3. The highest BCUT2D eigenvalue weighted by atomic mass is 16.5. The van der Waals surface area contributed by atoms with E-state index in [1.165, 1.54) is 21.1 Å². The van der Waals surface area contributed by atoms with Crippen molar-refractivity contribution in [2.24, 2.45) is 11.8 Å². The lowest BCUT2D eigenvalue weighted by Gasteiger charge is -2.35. The largest absolute Gasteiger partial charge is 0.504 e. The summed E-state index contributed by atoms with van der Waals surface area (Å²) in [5, 5.41) is 29.5. The van der Waals surface area contributed by atoms with Crippen molar-refractivity contribution >= 4 is 11.8 Å². The number of phenolic OH excluding ortho intramolecular Hbond substituents is 2. The Bertz CT molecular complexity index is 1100. The molecule has 0 spiro atoms. The molecule has 0 amide bonds. The van der Waals surface area contributed by atoms with Crippen LogP contribution < -0.4 is 9.47 Å². The second-order valence-electron chi connectivity index (χ2n) is 10.6. The molecule has 0 aliphatic heterocycles. The minimum atomic E-state index is -0.571. The van der Waals surface area contributed by atoms with Crippen molar-refractivity contribution in [2.45, 2.75) is 76.7 Å². The van der Waals surface area contributed by atoms with Gasteiger partial charge in [0.1, 0.15) is 11.9 Å². The van der Waals surface area contributed by atoms with E-state index in [-0.39, 0.29) is 48.6 Å². The Morgan fingerprint density at radius 1 is 0.974 bits per heavy atom. The Hall–Kier alpha value is -3.26. The quantitative estimate of drug-likeness (QED) is 0.275. The first-order valence-electron chi connectivity index (χ1n) is 13.8. The number of methoxy groups -OCH3 is 2. The molecular formula is C31H42O8. The standard InChI is InChI=1S/C31H42O8/c1-20(33)39-26(10-7-22-8-11-28(35)30(16-22)37-2)18-25(34)19-27(23-6-4-5-21(15-23)13-14-32)24-9-12-29(36)31(17-24)38-3/h8-9,11-12,16-17,21,23,26-27,32,35-36H,4-7,10,13-15,18-19H2,1-3H3/t21-,23-,26-,27-/m1/s1. The van der Waals surface area contributed by atoms with Gasteiger partial charge in [-0.05, 0) is 85.3 Å². The van der Waals surface area contributed by atoms with Crippen molar-refractivity contribution in [3.8, 4) is 23.0 Å². The van der Waals surface area contributed by atoms with Crippen LogP contribution in [0.25, 0.3) is 0 Å². The van der Waals surface area contributed by atoms with Crippen LogP contribution in [0.5, 0.6) is 23.0 Å². The zero-order chi connectivity index (χ0) is 28.4. The lowest BCUT2D eigenvalue weighted by Crippen LogP contribution is -2.26. The van der Waals surface area contributed by atoms with E-state index < -0.39 is 12.1 Å². The van der Waals surface area contributed by atoms with Gasteiger partial charge in [0, 0.05) is 26.4 Å². The number of Topliss-reactive ketones (excluding diaryl/α,β-unsaturated/α-hetero) is 1. The number of esters is 1. The van der Waals surface area contributed by atoms with E-state index in [1.807, 2.05) is 12.1 Å². The molecule has 0 heterocycles. The van der Waals surface area contributed by atoms with Gasteiger partial charge in [0.2, 0.25) is 0 Å². The molecule has 0 bridgehead atoms. The summed E-state index contributed by atoms with van der Waals surface area (Å²) in [4.78, 5) is 25.3. The van der Waals surface area contributed by atoms with Crippen LogP contribution in [-0.2, 0) is 20.7 Å². The van der Waals surface area contributed by atoms with Gasteiger partial charge in [-0.1, -0.05) is 25.0 Å². The number of carbonyl (C=O) groups excluding carboxylic acids is 2. The van der Waals surface area contributed by atoms with Crippen LogP contribution in [0.15, 0.2) is 36.4 Å². The van der Waals surface area contributed by atoms with Crippen LogP contribution in [0.1, 0.15) is 75.3 Å². The summed E-state index contributed by atoms with van der Waals surface area (Å²) in [6.07, 6.45) is 5.62. The predicted octanol–water partition coefficient (Wildman–Crippen LogP) is 5.30. The average Bonchev–Trinajstić information content (AvgIpc) is 2.91. The van der Waals surface area contributed by atoms with E-state index in [4.69, 9.17) is 14.2 Å². The number of rotatable bonds is 14. The Kier molecular flexibility index (Phi) is 11.5. The van der Waals surface area contributed by atoms with Gasteiger partial charge in [0.15, 0.2) is 23.0 Å². The second kappa shape index (κ2) is 14.8. The Balaban J connectivity index is 1.76. The highest BCUT2D eigenvalue weighted by Gasteiger charge is 2.32. The Morgan fingerprint density at radius 3 is 2.33 bits per heavy atom. The van der Waals surface area contributed by atoms with Crippen molar-refractivity contribution in [2.75, 3.05) is 20.8 Å². The molecule has 8 heteroatoms. The monoisotopic (exact) mass is 542 g/mol. The third-order valence-electron chi connectivity index (χ3n) is 7.80. The second-order valence-corrected chi connectivity index (χ2v) is 10.6. The minimum Gasteiger partial charge on any atom is -0.504 e. The number of hydrogen-bond donors (Lipinski definition) is 3. The number of aliphatic hydroxyl groups excluding tert-OH is 1. The number of carbonyl (C=O) groups is 2. The van der Waals surface area contributed by atoms with Gasteiger partial charge in [-0.15, -0.1) is 0 Å². The molecule has 2 aromatic rings. The topological polar surface area (TPSA) is 123 Å². The number of ketones is 1. The number of hydrogen-bond acceptors (Lipinski definition) is 8. The molecule has 2 aromatic carbocycles. The van der Waals surface area contributed by atoms with Crippen molar-refractivity contribution in [1.82, 2.24) is 0 Å². The van der Waals surface area contributed by atoms with Crippen molar-refractivity contribution in [1.29, 1.82) is 0 Å². The predicted molar refractivity (Wildman–Crippen MR) is 147 cm³/mol. The SMILES string of the molecule is COc1cc(CC[C@H](CC(=O)C[C@@H](c2ccc(O)c(OC)c2)[C@@H]2CCC[C@H](CCO)C2)OC(C)=O)ccc1O. The molecule has 3 rings (SSSR count). The number of aliphatic hydroxyl groups is 1. The van der Waals surface area contributed by atoms with Crippen molar-refractivity contribution in [3.05, 3.63) is 47.5 Å². The molecular weight excluding hydrogens is 500 g/mol. The lowest BCUT2D eigenvalue weighted by atomic mass is 9.70. The first kappa shape index (κ1) is 30.3. The maximum absolute atomic E-state index is 13.5. The van der Waals surface area contributed by atoms with Crippen molar-refractivity contribution in [3.63, 3.8) is 0 Å². The molecule has 3 N–H and O–H groups in total. The molecule has 1 fully saturated rings. The molecule has 1 aliphatic rings. The number of benzene rings is 2. The van der Waals surface area contributed by atoms with Gasteiger partial charge in [-0.3, -0.25) is 9.59 Å². The third-order valence-corrected chi connectivity index (χ3v) is 7.80. The first-order chi connectivity index (χ1) is 18.7. The summed E-state index contributed by atoms with van der Waals surface area (Å²) in [7, 11) is 2.99. The fourth-order valence-corrected chi connectivity index (χ4v) is 5.85. The fourth-order valence-electron chi connectivity index (χ4n) is 5.85. The van der Waals surface area contributed by atoms with Crippen LogP contribution >= 0.6 is 0 Å². The summed E-state index contributed by atoms with van der Waals surface area (Å²) in [5.74, 6) is 1.00. The molecule has 4 atom stereocenters. The Morgan fingerprint density at radius 2 is 1.67 bits per heavy atom. The van der Waals surface area contributed by atoms with Gasteiger partial charge in [-0.25, -0.2) is 0 Å². The number of aromatic hydroxyl groups is 2. The van der Waals surface area contributed by atoms with E-state index in [0.717, 1.165) is 43.2 Å². The zero-order valence-corrected chi connectivity index (χ0v) is 23.2. The fraction of sp³-hybridized carbons (Fsp3) is 0.548. The summed E-state index contributed by atoms with van der Waals surface area (Å²) in [5.41, 5.74) is 1.84. The molecule has 1 saturated carbocycles. The first-order valence-corrected chi connectivity index (χ1v) is 13.8. The van der Waals surface area contributed by atoms with Gasteiger partial charge >= 0.3 is 5.97 Å². The Labute approximate surface area is 230 Å². The average molecular weight is 543 g/mol. The van der Waals surface area contributed by atoms with E-state index in [2.05, 4.69) is 0 Å². The number of aryl methyl sites for hydroxylation is 1. The highest BCUT2D eigenvalue weighted by molar-refractivity contribution is 5.80. The van der Waals surface area contributed by atoms with Crippen LogP contribution in [0, 0.1) is 11.8 Å². The van der Waals surface area contributed by atoms with Crippen LogP contribution in [0.4, 0.5) is 0 Å². The molecule has 0 radical (unpaired) electrons.